The van der Waals surface area contributed by atoms with Crippen LogP contribution in [0.4, 0.5) is 4.39 Å². The van der Waals surface area contributed by atoms with Gasteiger partial charge in [-0.2, -0.15) is 0 Å². The monoisotopic (exact) mass is 417 g/mol. The van der Waals surface area contributed by atoms with E-state index in [0.717, 1.165) is 0 Å². The molecule has 1 saturated heterocycles. The fourth-order valence-corrected chi connectivity index (χ4v) is 2.91. The Morgan fingerprint density at radius 1 is 1.45 bits per heavy atom. The Balaban J connectivity index is 2.49. The summed E-state index contributed by atoms with van der Waals surface area (Å²) in [5.41, 5.74) is 11.3. The van der Waals surface area contributed by atoms with E-state index in [1.807, 2.05) is 0 Å². The number of benzene rings is 1. The van der Waals surface area contributed by atoms with Crippen LogP contribution in [0.3, 0.4) is 0 Å². The second kappa shape index (κ2) is 9.75. The minimum Gasteiger partial charge on any atom is -0.385 e. The first-order valence-electron chi connectivity index (χ1n) is 8.70. The number of rotatable bonds is 5. The molecule has 152 valence electrons. The normalized spacial score (nSPS) is 17.1. The summed E-state index contributed by atoms with van der Waals surface area (Å²) < 4.78 is 14.0. The highest BCUT2D eigenvalue weighted by atomic mass is 35.5. The van der Waals surface area contributed by atoms with Crippen molar-refractivity contribution in [2.45, 2.75) is 12.5 Å². The van der Waals surface area contributed by atoms with Crippen molar-refractivity contribution in [3.63, 3.8) is 0 Å². The van der Waals surface area contributed by atoms with Gasteiger partial charge in [-0.05, 0) is 36.6 Å². The van der Waals surface area contributed by atoms with Crippen LogP contribution in [0.1, 0.15) is 12.0 Å². The van der Waals surface area contributed by atoms with Gasteiger partial charge in [0.05, 0.1) is 11.6 Å². The van der Waals surface area contributed by atoms with Gasteiger partial charge in [-0.25, -0.2) is 4.39 Å². The van der Waals surface area contributed by atoms with Gasteiger partial charge >= 0.3 is 0 Å². The Labute approximate surface area is 173 Å². The van der Waals surface area contributed by atoms with E-state index in [1.54, 1.807) is 4.90 Å². The molecule has 0 aliphatic carbocycles. The van der Waals surface area contributed by atoms with Crippen molar-refractivity contribution in [1.82, 2.24) is 10.2 Å². The van der Waals surface area contributed by atoms with Gasteiger partial charge in [-0.15, -0.1) is 0 Å². The predicted molar refractivity (Wildman–Crippen MR) is 110 cm³/mol. The molecule has 2 amide bonds. The second-order valence-corrected chi connectivity index (χ2v) is 6.62. The lowest BCUT2D eigenvalue weighted by Gasteiger charge is -2.13. The molecule has 1 aliphatic heterocycles. The van der Waals surface area contributed by atoms with Crippen LogP contribution in [-0.4, -0.2) is 48.6 Å². The van der Waals surface area contributed by atoms with Crippen LogP contribution in [0, 0.1) is 17.7 Å². The minimum absolute atomic E-state index is 0.00151. The predicted octanol–water partition coefficient (Wildman–Crippen LogP) is 0.934. The van der Waals surface area contributed by atoms with E-state index in [9.17, 15) is 14.0 Å². The maximum absolute atomic E-state index is 14.0. The number of likely N-dealkylation sites (tertiary alicyclic amines) is 1. The van der Waals surface area contributed by atoms with Crippen molar-refractivity contribution in [3.8, 4) is 11.8 Å². The average Bonchev–Trinajstić information content (AvgIpc) is 3.15. The third-order valence-corrected chi connectivity index (χ3v) is 4.46. The number of halogens is 2. The Morgan fingerprint density at radius 2 is 2.17 bits per heavy atom. The molecule has 0 aromatic heterocycles. The highest BCUT2D eigenvalue weighted by Crippen LogP contribution is 2.16. The van der Waals surface area contributed by atoms with Gasteiger partial charge in [-0.3, -0.25) is 14.6 Å². The summed E-state index contributed by atoms with van der Waals surface area (Å²) in [4.78, 5) is 29.8. The second-order valence-electron chi connectivity index (χ2n) is 6.19. The van der Waals surface area contributed by atoms with Crippen LogP contribution in [0.25, 0.3) is 0 Å². The Kier molecular flexibility index (Phi) is 7.39. The summed E-state index contributed by atoms with van der Waals surface area (Å²) in [6.07, 6.45) is 1.78. The van der Waals surface area contributed by atoms with Gasteiger partial charge in [0.1, 0.15) is 22.9 Å². The molecular formula is C20H21ClFN5O2. The average molecular weight is 418 g/mol. The van der Waals surface area contributed by atoms with Crippen molar-refractivity contribution in [2.75, 3.05) is 20.1 Å². The number of nitrogens with zero attached hydrogens (tertiary/aromatic N) is 2. The van der Waals surface area contributed by atoms with E-state index in [4.69, 9.17) is 23.1 Å². The van der Waals surface area contributed by atoms with Crippen LogP contribution in [0.5, 0.6) is 0 Å². The van der Waals surface area contributed by atoms with E-state index < -0.39 is 11.7 Å². The van der Waals surface area contributed by atoms with Gasteiger partial charge in [0.15, 0.2) is 0 Å². The molecule has 0 radical (unpaired) electrons. The Hall–Kier alpha value is -3.31. The van der Waals surface area contributed by atoms with E-state index in [0.29, 0.717) is 24.5 Å². The van der Waals surface area contributed by atoms with Gasteiger partial charge in [0.2, 0.25) is 5.91 Å². The minimum atomic E-state index is -0.839. The molecule has 0 saturated carbocycles. The smallest absolute Gasteiger partial charge is 0.255 e. The SMILES string of the molecule is C=CC(=O)N1CC[C@H](/N=C(C#Cc2cc(Cl)ccc2F)\C(C(N)=O)=C(/N)NC)C1. The summed E-state index contributed by atoms with van der Waals surface area (Å²) in [5.74, 6) is 3.67. The first-order chi connectivity index (χ1) is 13.8. The molecule has 1 aromatic rings. The molecular weight excluding hydrogens is 397 g/mol. The maximum atomic E-state index is 14.0. The number of hydrogen-bond acceptors (Lipinski definition) is 5. The lowest BCUT2D eigenvalue weighted by atomic mass is 10.1. The highest BCUT2D eigenvalue weighted by Gasteiger charge is 2.26. The number of nitrogens with two attached hydrogens (primary N) is 2. The zero-order valence-electron chi connectivity index (χ0n) is 15.8. The standard InChI is InChI=1S/C20H21ClFN5O2/c1-3-17(28)27-9-8-14(11-27)26-16(18(20(24)29)19(23)25-2)7-4-12-10-13(21)5-6-15(12)22/h3,5-6,10,14,25H,1,8-9,11,23H2,2H3,(H2,24,29)/b19-18-,26-16-/t14-/m0/s1. The largest absolute Gasteiger partial charge is 0.385 e. The number of nitrogens with one attached hydrogen (secondary N) is 1. The lowest BCUT2D eigenvalue weighted by molar-refractivity contribution is -0.125. The number of amides is 2. The number of primary amides is 1. The van der Waals surface area contributed by atoms with Crippen molar-refractivity contribution >= 4 is 29.1 Å². The molecule has 9 heteroatoms. The number of hydrogen-bond donors (Lipinski definition) is 3. The summed E-state index contributed by atoms with van der Waals surface area (Å²) in [7, 11) is 1.51. The quantitative estimate of drug-likeness (QED) is 0.375. The molecule has 1 aromatic carbocycles. The van der Waals surface area contributed by atoms with Gasteiger partial charge < -0.3 is 21.7 Å². The molecule has 1 atom stereocenters. The molecule has 0 bridgehead atoms. The Morgan fingerprint density at radius 3 is 2.79 bits per heavy atom. The summed E-state index contributed by atoms with van der Waals surface area (Å²) in [5, 5.41) is 2.95. The van der Waals surface area contributed by atoms with Gasteiger partial charge in [0.25, 0.3) is 5.91 Å². The first kappa shape index (κ1) is 22.0. The molecule has 2 rings (SSSR count). The summed E-state index contributed by atoms with van der Waals surface area (Å²) in [6.45, 7) is 4.28. The molecule has 5 N–H and O–H groups in total. The van der Waals surface area contributed by atoms with Crippen molar-refractivity contribution < 1.29 is 14.0 Å². The fraction of sp³-hybridized carbons (Fsp3) is 0.250. The molecule has 0 spiro atoms. The molecule has 1 fully saturated rings. The van der Waals surface area contributed by atoms with Gasteiger partial charge in [-0.1, -0.05) is 24.1 Å². The number of aliphatic imine (C=N–C) groups is 1. The zero-order chi connectivity index (χ0) is 21.6. The molecule has 29 heavy (non-hydrogen) atoms. The maximum Gasteiger partial charge on any atom is 0.255 e. The number of carbonyl (C=O) groups excluding carboxylic acids is 2. The fourth-order valence-electron chi connectivity index (χ4n) is 2.74. The Bertz CT molecular complexity index is 961. The van der Waals surface area contributed by atoms with Crippen LogP contribution in [0.2, 0.25) is 5.02 Å². The third-order valence-electron chi connectivity index (χ3n) is 4.23. The van der Waals surface area contributed by atoms with E-state index in [1.165, 1.54) is 31.3 Å². The molecule has 1 heterocycles. The lowest BCUT2D eigenvalue weighted by Crippen LogP contribution is -2.31. The van der Waals surface area contributed by atoms with E-state index >= 15 is 0 Å². The highest BCUT2D eigenvalue weighted by molar-refractivity contribution is 6.30. The first-order valence-corrected chi connectivity index (χ1v) is 9.08. The van der Waals surface area contributed by atoms with E-state index in [2.05, 4.69) is 28.7 Å². The van der Waals surface area contributed by atoms with Gasteiger partial charge in [0, 0.05) is 25.2 Å². The van der Waals surface area contributed by atoms with E-state index in [-0.39, 0.29) is 34.6 Å². The van der Waals surface area contributed by atoms with Crippen molar-refractivity contribution in [1.29, 1.82) is 0 Å². The zero-order valence-corrected chi connectivity index (χ0v) is 16.6. The summed E-state index contributed by atoms with van der Waals surface area (Å²) in [6, 6.07) is 3.61. The molecule has 0 unspecified atom stereocenters. The van der Waals surface area contributed by atoms with Crippen LogP contribution in [0.15, 0.2) is 47.2 Å². The van der Waals surface area contributed by atoms with Crippen LogP contribution >= 0.6 is 11.6 Å². The topological polar surface area (TPSA) is 114 Å². The van der Waals surface area contributed by atoms with Crippen LogP contribution < -0.4 is 16.8 Å². The molecule has 7 nitrogen and oxygen atoms in total. The van der Waals surface area contributed by atoms with Crippen molar-refractivity contribution in [2.24, 2.45) is 16.5 Å². The van der Waals surface area contributed by atoms with Crippen LogP contribution in [-0.2, 0) is 9.59 Å². The summed E-state index contributed by atoms with van der Waals surface area (Å²) >= 11 is 5.89. The number of carbonyl (C=O) groups is 2. The molecule has 1 aliphatic rings. The van der Waals surface area contributed by atoms with Crippen molar-refractivity contribution in [3.05, 3.63) is 58.7 Å². The third kappa shape index (κ3) is 5.59.